The molecule has 4 aromatic rings. The Morgan fingerprint density at radius 1 is 0.954 bits per heavy atom. The molecule has 6 heterocycles. The second kappa shape index (κ2) is 25.8. The summed E-state index contributed by atoms with van der Waals surface area (Å²) in [5.74, 6) is 15.8. The highest BCUT2D eigenvalue weighted by molar-refractivity contribution is 8.77. The van der Waals surface area contributed by atoms with Crippen molar-refractivity contribution in [1.29, 1.82) is 0 Å². The molecule has 9 N–H and O–H groups in total. The van der Waals surface area contributed by atoms with Gasteiger partial charge in [0.15, 0.2) is 11.5 Å². The molecule has 14 nitrogen and oxygen atoms in total. The molecule has 4 aromatic carbocycles. The highest BCUT2D eigenvalue weighted by Gasteiger charge is 2.52. The summed E-state index contributed by atoms with van der Waals surface area (Å²) in [5, 5.41) is 58.1. The van der Waals surface area contributed by atoms with E-state index in [1.54, 1.807) is 20.3 Å². The van der Waals surface area contributed by atoms with Crippen molar-refractivity contribution in [2.24, 2.45) is 35.3 Å². The van der Waals surface area contributed by atoms with E-state index < -0.39 is 41.6 Å². The lowest BCUT2D eigenvalue weighted by Gasteiger charge is -2.39. The molecule has 6 bridgehead atoms. The number of aromatic hydroxyl groups is 2. The number of phenols is 2. The predicted octanol–water partition coefficient (Wildman–Crippen LogP) is 10.0. The van der Waals surface area contributed by atoms with Gasteiger partial charge in [0.2, 0.25) is 0 Å². The molecule has 2 saturated carbocycles. The van der Waals surface area contributed by atoms with E-state index >= 15 is 0 Å². The van der Waals surface area contributed by atoms with Gasteiger partial charge in [0.05, 0.1) is 42.8 Å². The maximum Gasteiger partial charge on any atom is 0.302 e. The molecule has 1 saturated heterocycles. The van der Waals surface area contributed by atoms with Crippen LogP contribution in [0.5, 0.6) is 28.7 Å². The van der Waals surface area contributed by atoms with E-state index in [1.807, 2.05) is 33.7 Å². The van der Waals surface area contributed by atoms with E-state index in [0.717, 1.165) is 102 Å². The number of benzene rings is 4. The largest absolute Gasteiger partial charge is 0.508 e. The van der Waals surface area contributed by atoms with Crippen molar-refractivity contribution in [3.8, 4) is 63.6 Å². The zero-order valence-corrected chi connectivity index (χ0v) is 51.7. The predicted molar refractivity (Wildman–Crippen MR) is 341 cm³/mol. The first-order valence-electron chi connectivity index (χ1n) is 31.5. The fourth-order valence-corrected chi connectivity index (χ4v) is 19.5. The Morgan fingerprint density at radius 2 is 1.83 bits per heavy atom. The number of aliphatic hydroxyl groups is 2. The van der Waals surface area contributed by atoms with E-state index in [2.05, 4.69) is 100 Å². The quantitative estimate of drug-likeness (QED) is 0.0400. The molecule has 1 spiro atoms. The number of phenolic OH excluding ortho intramolecular Hbond substituents is 2. The molecule has 16 heteroatoms. The molecule has 0 amide bonds. The number of esters is 1. The number of methoxy groups -OCH3 is 2. The number of nitrogens with two attached hydrogens (primary N) is 1. The number of ether oxygens (including phenoxy) is 5. The average Bonchev–Trinajstić information content (AvgIpc) is 1.64. The monoisotopic (exact) mass is 1210 g/mol. The van der Waals surface area contributed by atoms with Crippen molar-refractivity contribution in [3.05, 3.63) is 129 Å². The second-order valence-corrected chi connectivity index (χ2v) is 28.4. The summed E-state index contributed by atoms with van der Waals surface area (Å²) < 4.78 is 34.1. The van der Waals surface area contributed by atoms with Crippen LogP contribution in [0.25, 0.3) is 17.2 Å². The maximum absolute atomic E-state index is 13.8. The summed E-state index contributed by atoms with van der Waals surface area (Å²) in [7, 11) is 7.14. The zero-order valence-electron chi connectivity index (χ0n) is 50.1. The van der Waals surface area contributed by atoms with E-state index in [-0.39, 0.29) is 78.9 Å². The molecule has 0 radical (unpaired) electrons. The molecular formula is C71H82N4O10S2. The number of carbonyl (C=O) groups excluding carboxylic acids is 1. The van der Waals surface area contributed by atoms with Crippen LogP contribution in [0.4, 0.5) is 0 Å². The molecule has 3 aliphatic carbocycles. The number of aliphatic hydroxyl groups excluding tert-OH is 2. The van der Waals surface area contributed by atoms with Gasteiger partial charge in [-0.05, 0) is 128 Å². The topological polar surface area (TPSA) is 206 Å². The van der Waals surface area contributed by atoms with Gasteiger partial charge < -0.3 is 65.8 Å². The summed E-state index contributed by atoms with van der Waals surface area (Å²) in [6.45, 7) is 2.07. The number of rotatable bonds is 11. The van der Waals surface area contributed by atoms with Gasteiger partial charge in [-0.3, -0.25) is 4.79 Å². The van der Waals surface area contributed by atoms with E-state index in [4.69, 9.17) is 29.4 Å². The highest BCUT2D eigenvalue weighted by Crippen LogP contribution is 2.64. The highest BCUT2D eigenvalue weighted by atomic mass is 33.1. The third kappa shape index (κ3) is 11.8. The van der Waals surface area contributed by atoms with Crippen molar-refractivity contribution in [3.63, 3.8) is 0 Å². The zero-order chi connectivity index (χ0) is 59.9. The third-order valence-electron chi connectivity index (χ3n) is 20.2. The van der Waals surface area contributed by atoms with Crippen molar-refractivity contribution < 1.29 is 48.9 Å². The summed E-state index contributed by atoms with van der Waals surface area (Å²) in [4.78, 5) is 13.4. The van der Waals surface area contributed by atoms with Crippen LogP contribution in [-0.4, -0.2) is 109 Å². The molecule has 14 atom stereocenters. The fourth-order valence-electron chi connectivity index (χ4n) is 16.3. The van der Waals surface area contributed by atoms with E-state index in [0.29, 0.717) is 72.2 Å². The summed E-state index contributed by atoms with van der Waals surface area (Å²) >= 11 is 0. The summed E-state index contributed by atoms with van der Waals surface area (Å²) in [5.41, 5.74) is 16.7. The van der Waals surface area contributed by atoms with Crippen LogP contribution in [0.15, 0.2) is 84.1 Å². The fraction of sp³-hybridized carbons (Fsp3) is 0.507. The Morgan fingerprint density at radius 3 is 2.64 bits per heavy atom. The van der Waals surface area contributed by atoms with Gasteiger partial charge in [0.25, 0.3) is 0 Å². The van der Waals surface area contributed by atoms with E-state index in [1.165, 1.54) is 18.9 Å². The van der Waals surface area contributed by atoms with Gasteiger partial charge >= 0.3 is 5.97 Å². The molecule has 0 aromatic heterocycles. The van der Waals surface area contributed by atoms with Crippen LogP contribution < -0.4 is 35.9 Å². The number of allylic oxidation sites excluding steroid dienone is 3. The number of hydrogen-bond donors (Lipinski definition) is 8. The first-order chi connectivity index (χ1) is 42.4. The van der Waals surface area contributed by atoms with Crippen LogP contribution in [0.2, 0.25) is 0 Å². The van der Waals surface area contributed by atoms with Crippen molar-refractivity contribution >= 4 is 33.6 Å². The van der Waals surface area contributed by atoms with Crippen molar-refractivity contribution in [2.45, 2.75) is 143 Å². The lowest BCUT2D eigenvalue weighted by Crippen LogP contribution is -2.52. The minimum Gasteiger partial charge on any atom is -0.508 e. The Balaban J connectivity index is 1.11. The minimum atomic E-state index is -0.893. The molecule has 14 unspecified atom stereocenters. The van der Waals surface area contributed by atoms with Gasteiger partial charge in [-0.2, -0.15) is 0 Å². The smallest absolute Gasteiger partial charge is 0.302 e. The van der Waals surface area contributed by atoms with Crippen LogP contribution in [-0.2, 0) is 39.1 Å². The van der Waals surface area contributed by atoms with Gasteiger partial charge in [-0.15, -0.1) is 0 Å². The molecule has 9 aliphatic rings. The van der Waals surface area contributed by atoms with Crippen LogP contribution >= 0.6 is 21.6 Å². The Labute approximate surface area is 519 Å². The minimum absolute atomic E-state index is 0.0162. The molecule has 6 aliphatic heterocycles. The number of dihydropyridines is 1. The summed E-state index contributed by atoms with van der Waals surface area (Å²) in [6, 6.07) is 18.5. The van der Waals surface area contributed by atoms with Crippen LogP contribution in [0.1, 0.15) is 134 Å². The number of nitrogens with one attached hydrogen (secondary N) is 3. The Hall–Kier alpha value is -6.05. The summed E-state index contributed by atoms with van der Waals surface area (Å²) in [6.07, 6.45) is 16.9. The number of fused-ring (bicyclic) bond motifs is 10. The second-order valence-electron chi connectivity index (χ2n) is 25.8. The van der Waals surface area contributed by atoms with Gasteiger partial charge in [-0.25, -0.2) is 0 Å². The average molecular weight is 1220 g/mol. The van der Waals surface area contributed by atoms with Crippen LogP contribution in [0, 0.1) is 53.3 Å². The maximum atomic E-state index is 13.8. The van der Waals surface area contributed by atoms with Gasteiger partial charge in [-0.1, -0.05) is 106 Å². The van der Waals surface area contributed by atoms with Gasteiger partial charge in [0.1, 0.15) is 42.0 Å². The number of carbonyl (C=O) groups is 1. The van der Waals surface area contributed by atoms with E-state index in [9.17, 15) is 25.2 Å². The van der Waals surface area contributed by atoms with Crippen molar-refractivity contribution in [1.82, 2.24) is 16.0 Å². The molecular weight excluding hydrogens is 1130 g/mol. The first-order valence-corrected chi connectivity index (χ1v) is 33.9. The molecule has 13 rings (SSSR count). The van der Waals surface area contributed by atoms with Crippen LogP contribution in [0.3, 0.4) is 0 Å². The first kappa shape index (κ1) is 59.9. The standard InChI is InChI=1S/C71H82N4O10S2/c1-40(78)83-38-56-51-18-19-52-62-47(30-50(79)31-59(62)82-3)33-71-25-24-42(32-71)27-46-17-23-61(72)75-57(46)21-16-45-15-14-44(12-8-26-76)55(37-81-2)48(36-77)34-73-35-54-63(45)64(67(56)84-68(51)65(52)71)53-20-22-58-70(85-69(53)66(54)80)60(29-41-9-5-4-6-10-41)87-86-39-43-11-7-13-49(28-43)74-58/h4-6,9-10,17-20,22-23,30-31,42-45,48-49,55-56,58,60-61,67,70,73-77,79-80H,7-8,11-13,24-29,32-39,72H2,1-3H3. The lowest BCUT2D eigenvalue weighted by atomic mass is 9.65. The SMILES string of the molecule is COCC1C(CCCO)C#CC2C#CC3=C(C=CC(N)N3)CC3CCC4(Cc5cc(O)cc(OC)c5-c5ccc6c(c54)OC(c4c5c(c(O)c(c42)CNCC1CO)OC1C(C=C5)NC2CCCC(CSSC1Cc1ccccc1)C2)C6COC(C)=O)C3. The lowest BCUT2D eigenvalue weighted by molar-refractivity contribution is -0.141. The number of hydrogen-bond acceptors (Lipinski definition) is 16. The third-order valence-corrected chi connectivity index (χ3v) is 23.2. The normalized spacial score (nSPS) is 30.9. The Bertz CT molecular complexity index is 3490. The molecule has 3 fully saturated rings. The Kier molecular flexibility index (Phi) is 17.8. The van der Waals surface area contributed by atoms with Gasteiger partial charge in [0, 0.05) is 115 Å². The van der Waals surface area contributed by atoms with Crippen molar-refractivity contribution in [2.75, 3.05) is 52.9 Å². The molecule has 458 valence electrons. The molecule has 87 heavy (non-hydrogen) atoms.